The third kappa shape index (κ3) is 3.10. The molecule has 1 fully saturated rings. The number of amides is 1. The number of hydrogen-bond donors (Lipinski definition) is 2. The Hall–Kier alpha value is -3.16. The van der Waals surface area contributed by atoms with E-state index in [-0.39, 0.29) is 6.04 Å². The zero-order chi connectivity index (χ0) is 17.2. The highest BCUT2D eigenvalue weighted by molar-refractivity contribution is 5.65. The van der Waals surface area contributed by atoms with Crippen LogP contribution in [-0.4, -0.2) is 54.8 Å². The van der Waals surface area contributed by atoms with Crippen molar-refractivity contribution in [3.8, 4) is 11.3 Å². The van der Waals surface area contributed by atoms with Gasteiger partial charge in [-0.3, -0.25) is 4.98 Å². The molecule has 0 aliphatic carbocycles. The van der Waals surface area contributed by atoms with Gasteiger partial charge in [-0.1, -0.05) is 0 Å². The quantitative estimate of drug-likeness (QED) is 0.761. The zero-order valence-corrected chi connectivity index (χ0v) is 13.5. The average Bonchev–Trinajstić information content (AvgIpc) is 3.06. The van der Waals surface area contributed by atoms with Gasteiger partial charge in [-0.2, -0.15) is 0 Å². The molecule has 1 aliphatic heterocycles. The maximum absolute atomic E-state index is 11.0. The molecule has 0 saturated carbocycles. The number of nitrogens with one attached hydrogen (secondary N) is 1. The predicted molar refractivity (Wildman–Crippen MR) is 92.5 cm³/mol. The Labute approximate surface area is 144 Å². The van der Waals surface area contributed by atoms with E-state index in [1.807, 2.05) is 28.8 Å². The molecule has 4 rings (SSSR count). The van der Waals surface area contributed by atoms with Crippen molar-refractivity contribution >= 4 is 17.6 Å². The number of imidazole rings is 1. The number of pyridine rings is 1. The van der Waals surface area contributed by atoms with Gasteiger partial charge in [-0.25, -0.2) is 14.3 Å². The summed E-state index contributed by atoms with van der Waals surface area (Å²) in [4.78, 5) is 20.9. The third-order valence-corrected chi connectivity index (χ3v) is 4.46. The van der Waals surface area contributed by atoms with Gasteiger partial charge in [0.05, 0.1) is 11.9 Å². The third-order valence-electron chi connectivity index (χ3n) is 4.46. The number of piperidine rings is 1. The van der Waals surface area contributed by atoms with Crippen LogP contribution in [0.5, 0.6) is 0 Å². The predicted octanol–water partition coefficient (Wildman–Crippen LogP) is 2.35. The van der Waals surface area contributed by atoms with Gasteiger partial charge < -0.3 is 15.3 Å². The van der Waals surface area contributed by atoms with Crippen LogP contribution in [0.1, 0.15) is 12.8 Å². The molecule has 1 saturated heterocycles. The molecule has 8 nitrogen and oxygen atoms in total. The molecule has 1 aliphatic rings. The number of nitrogens with zero attached hydrogens (tertiary/aromatic N) is 5. The van der Waals surface area contributed by atoms with Crippen molar-refractivity contribution in [1.82, 2.24) is 24.5 Å². The lowest BCUT2D eigenvalue weighted by molar-refractivity contribution is 0.133. The lowest BCUT2D eigenvalue weighted by Crippen LogP contribution is -2.41. The summed E-state index contributed by atoms with van der Waals surface area (Å²) in [6, 6.07) is 7.89. The number of carboxylic acid groups (broad SMARTS) is 1. The second-order valence-electron chi connectivity index (χ2n) is 6.06. The van der Waals surface area contributed by atoms with Gasteiger partial charge >= 0.3 is 6.09 Å². The van der Waals surface area contributed by atoms with E-state index in [0.29, 0.717) is 13.1 Å². The number of carbonyl (C=O) groups is 1. The van der Waals surface area contributed by atoms with E-state index in [1.165, 1.54) is 4.90 Å². The Bertz CT molecular complexity index is 887. The number of aromatic nitrogens is 4. The normalized spacial score (nSPS) is 15.4. The molecule has 4 heterocycles. The van der Waals surface area contributed by atoms with Gasteiger partial charge in [0.1, 0.15) is 5.82 Å². The van der Waals surface area contributed by atoms with Gasteiger partial charge in [0.15, 0.2) is 5.65 Å². The first-order valence-electron chi connectivity index (χ1n) is 8.20. The molecule has 0 unspecified atom stereocenters. The van der Waals surface area contributed by atoms with Crippen molar-refractivity contribution in [3.05, 3.63) is 42.9 Å². The molecular formula is C17H18N6O2. The number of anilines is 1. The van der Waals surface area contributed by atoms with E-state index in [0.717, 1.165) is 35.6 Å². The smallest absolute Gasteiger partial charge is 0.407 e. The van der Waals surface area contributed by atoms with Crippen LogP contribution in [0, 0.1) is 0 Å². The second-order valence-corrected chi connectivity index (χ2v) is 6.06. The zero-order valence-electron chi connectivity index (χ0n) is 13.5. The molecular weight excluding hydrogens is 320 g/mol. The highest BCUT2D eigenvalue weighted by atomic mass is 16.4. The summed E-state index contributed by atoms with van der Waals surface area (Å²) in [5.41, 5.74) is 2.68. The summed E-state index contributed by atoms with van der Waals surface area (Å²) in [6.07, 6.45) is 5.98. The summed E-state index contributed by atoms with van der Waals surface area (Å²) in [5.74, 6) is 0.759. The fourth-order valence-corrected chi connectivity index (χ4v) is 3.09. The molecule has 3 aromatic rings. The first kappa shape index (κ1) is 15.4. The Morgan fingerprint density at radius 3 is 2.64 bits per heavy atom. The van der Waals surface area contributed by atoms with Crippen LogP contribution in [0.4, 0.5) is 10.6 Å². The maximum atomic E-state index is 11.0. The Morgan fingerprint density at radius 2 is 1.92 bits per heavy atom. The van der Waals surface area contributed by atoms with Gasteiger partial charge in [0, 0.05) is 37.1 Å². The van der Waals surface area contributed by atoms with Crippen LogP contribution in [0.2, 0.25) is 0 Å². The molecule has 128 valence electrons. The van der Waals surface area contributed by atoms with E-state index in [1.54, 1.807) is 18.6 Å². The Balaban J connectivity index is 1.54. The van der Waals surface area contributed by atoms with Gasteiger partial charge in [0.25, 0.3) is 0 Å². The van der Waals surface area contributed by atoms with E-state index < -0.39 is 6.09 Å². The number of rotatable bonds is 3. The van der Waals surface area contributed by atoms with Gasteiger partial charge in [-0.15, -0.1) is 5.10 Å². The van der Waals surface area contributed by atoms with Gasteiger partial charge in [0.2, 0.25) is 0 Å². The highest BCUT2D eigenvalue weighted by Gasteiger charge is 2.22. The first-order chi connectivity index (χ1) is 12.2. The van der Waals surface area contributed by atoms with Crippen molar-refractivity contribution in [2.75, 3.05) is 18.4 Å². The van der Waals surface area contributed by atoms with E-state index >= 15 is 0 Å². The lowest BCUT2D eigenvalue weighted by Gasteiger charge is -2.30. The van der Waals surface area contributed by atoms with Crippen LogP contribution in [-0.2, 0) is 0 Å². The molecule has 0 bridgehead atoms. The molecule has 8 heteroatoms. The molecule has 0 atom stereocenters. The van der Waals surface area contributed by atoms with E-state index in [4.69, 9.17) is 5.11 Å². The molecule has 3 aromatic heterocycles. The standard InChI is InChI=1S/C17H18N6O2/c24-17(25)22-9-5-13(6-10-22)20-15-1-2-16-19-11-14(23(16)21-15)12-3-7-18-8-4-12/h1-4,7-8,11,13H,5-6,9-10H2,(H,20,21)(H,24,25). The largest absolute Gasteiger partial charge is 0.465 e. The van der Waals surface area contributed by atoms with Crippen LogP contribution < -0.4 is 5.32 Å². The van der Waals surface area contributed by atoms with Crippen LogP contribution in [0.25, 0.3) is 16.9 Å². The lowest BCUT2D eigenvalue weighted by atomic mass is 10.1. The Morgan fingerprint density at radius 1 is 1.16 bits per heavy atom. The van der Waals surface area contributed by atoms with Crippen LogP contribution >= 0.6 is 0 Å². The molecule has 0 aromatic carbocycles. The first-order valence-corrected chi connectivity index (χ1v) is 8.20. The highest BCUT2D eigenvalue weighted by Crippen LogP contribution is 2.21. The topological polar surface area (TPSA) is 95.7 Å². The molecule has 2 N–H and O–H groups in total. The minimum atomic E-state index is -0.849. The fourth-order valence-electron chi connectivity index (χ4n) is 3.09. The summed E-state index contributed by atoms with van der Waals surface area (Å²) in [5, 5.41) is 17.1. The average molecular weight is 338 g/mol. The van der Waals surface area contributed by atoms with E-state index in [9.17, 15) is 4.79 Å². The summed E-state index contributed by atoms with van der Waals surface area (Å²) in [6.45, 7) is 1.09. The van der Waals surface area contributed by atoms with Gasteiger partial charge in [-0.05, 0) is 37.1 Å². The van der Waals surface area contributed by atoms with E-state index in [2.05, 4.69) is 20.4 Å². The maximum Gasteiger partial charge on any atom is 0.407 e. The second kappa shape index (κ2) is 6.39. The summed E-state index contributed by atoms with van der Waals surface area (Å²) in [7, 11) is 0. The molecule has 1 amide bonds. The minimum Gasteiger partial charge on any atom is -0.465 e. The number of likely N-dealkylation sites (tertiary alicyclic amines) is 1. The molecule has 0 spiro atoms. The summed E-state index contributed by atoms with van der Waals surface area (Å²) >= 11 is 0. The monoisotopic (exact) mass is 338 g/mol. The van der Waals surface area contributed by atoms with Crippen LogP contribution in [0.3, 0.4) is 0 Å². The van der Waals surface area contributed by atoms with Crippen molar-refractivity contribution in [2.45, 2.75) is 18.9 Å². The van der Waals surface area contributed by atoms with Crippen molar-refractivity contribution in [1.29, 1.82) is 0 Å². The van der Waals surface area contributed by atoms with Crippen molar-refractivity contribution in [3.63, 3.8) is 0 Å². The molecule has 0 radical (unpaired) electrons. The molecule has 25 heavy (non-hydrogen) atoms. The minimum absolute atomic E-state index is 0.216. The van der Waals surface area contributed by atoms with Crippen LogP contribution in [0.15, 0.2) is 42.9 Å². The SMILES string of the molecule is O=C(O)N1CCC(Nc2ccc3ncc(-c4ccncc4)n3n2)CC1. The number of hydrogen-bond acceptors (Lipinski definition) is 5. The van der Waals surface area contributed by atoms with Crippen molar-refractivity contribution < 1.29 is 9.90 Å². The fraction of sp³-hybridized carbons (Fsp3) is 0.294. The Kier molecular flexibility index (Phi) is 3.93. The summed E-state index contributed by atoms with van der Waals surface area (Å²) < 4.78 is 1.81. The number of fused-ring (bicyclic) bond motifs is 1. The van der Waals surface area contributed by atoms with Crippen molar-refractivity contribution in [2.24, 2.45) is 0 Å².